The minimum absolute atomic E-state index is 0.00111. The Labute approximate surface area is 89.1 Å². The maximum Gasteiger partial charge on any atom is 0.425 e. The van der Waals surface area contributed by atoms with Crippen molar-refractivity contribution < 1.29 is 14.3 Å². The number of aromatic nitrogens is 1. The van der Waals surface area contributed by atoms with Crippen molar-refractivity contribution in [3.05, 3.63) is 37.1 Å². The SMILES string of the molecule is C=C(OC(=O)n1cccc1)OC(C)(C)C. The average molecular weight is 209 g/mol. The van der Waals surface area contributed by atoms with Gasteiger partial charge in [0.1, 0.15) is 5.60 Å². The third kappa shape index (κ3) is 3.89. The number of ether oxygens (including phenoxy) is 2. The fourth-order valence-electron chi connectivity index (χ4n) is 0.969. The summed E-state index contributed by atoms with van der Waals surface area (Å²) in [5.74, 6) is 0.00111. The van der Waals surface area contributed by atoms with Crippen LogP contribution in [0.1, 0.15) is 20.8 Å². The van der Waals surface area contributed by atoms with Gasteiger partial charge in [-0.05, 0) is 39.5 Å². The topological polar surface area (TPSA) is 40.5 Å². The van der Waals surface area contributed by atoms with E-state index in [2.05, 4.69) is 6.58 Å². The summed E-state index contributed by atoms with van der Waals surface area (Å²) in [5, 5.41) is 0. The Morgan fingerprint density at radius 2 is 1.80 bits per heavy atom. The molecule has 0 aromatic carbocycles. The first-order valence-electron chi connectivity index (χ1n) is 4.61. The molecule has 0 saturated heterocycles. The van der Waals surface area contributed by atoms with Crippen molar-refractivity contribution >= 4 is 6.09 Å². The van der Waals surface area contributed by atoms with Crippen LogP contribution in [-0.4, -0.2) is 16.3 Å². The molecule has 1 rings (SSSR count). The Kier molecular flexibility index (Phi) is 3.19. The van der Waals surface area contributed by atoms with Crippen LogP contribution in [0.2, 0.25) is 0 Å². The van der Waals surface area contributed by atoms with E-state index in [0.717, 1.165) is 0 Å². The third-order valence-corrected chi connectivity index (χ3v) is 1.44. The predicted octanol–water partition coefficient (Wildman–Crippen LogP) is 2.76. The van der Waals surface area contributed by atoms with Gasteiger partial charge in [0.05, 0.1) is 0 Å². The van der Waals surface area contributed by atoms with Gasteiger partial charge in [0, 0.05) is 12.4 Å². The van der Waals surface area contributed by atoms with E-state index in [4.69, 9.17) is 9.47 Å². The van der Waals surface area contributed by atoms with E-state index >= 15 is 0 Å². The number of carbonyl (C=O) groups excluding carboxylic acids is 1. The summed E-state index contributed by atoms with van der Waals surface area (Å²) in [4.78, 5) is 11.4. The van der Waals surface area contributed by atoms with Crippen molar-refractivity contribution in [2.75, 3.05) is 0 Å². The smallest absolute Gasteiger partial charge is 0.425 e. The van der Waals surface area contributed by atoms with Crippen molar-refractivity contribution in [2.24, 2.45) is 0 Å². The van der Waals surface area contributed by atoms with Gasteiger partial charge in [-0.25, -0.2) is 4.79 Å². The third-order valence-electron chi connectivity index (χ3n) is 1.44. The van der Waals surface area contributed by atoms with Crippen LogP contribution in [0.3, 0.4) is 0 Å². The molecule has 1 aromatic heterocycles. The van der Waals surface area contributed by atoms with Crippen LogP contribution < -0.4 is 0 Å². The van der Waals surface area contributed by atoms with Crippen molar-refractivity contribution in [1.82, 2.24) is 4.57 Å². The van der Waals surface area contributed by atoms with Gasteiger partial charge in [-0.15, -0.1) is 0 Å². The van der Waals surface area contributed by atoms with E-state index in [-0.39, 0.29) is 5.95 Å². The molecule has 0 radical (unpaired) electrons. The highest BCUT2D eigenvalue weighted by atomic mass is 16.7. The van der Waals surface area contributed by atoms with E-state index < -0.39 is 11.7 Å². The van der Waals surface area contributed by atoms with Gasteiger partial charge < -0.3 is 9.47 Å². The molecule has 0 unspecified atom stereocenters. The summed E-state index contributed by atoms with van der Waals surface area (Å²) in [5.41, 5.74) is -0.423. The lowest BCUT2D eigenvalue weighted by Gasteiger charge is -2.21. The molecule has 0 aliphatic carbocycles. The van der Waals surface area contributed by atoms with E-state index in [9.17, 15) is 4.79 Å². The van der Waals surface area contributed by atoms with Crippen molar-refractivity contribution in [3.63, 3.8) is 0 Å². The van der Waals surface area contributed by atoms with Crippen LogP contribution in [-0.2, 0) is 9.47 Å². The van der Waals surface area contributed by atoms with Gasteiger partial charge in [0.25, 0.3) is 5.95 Å². The Balaban J connectivity index is 2.50. The molecule has 0 aliphatic rings. The van der Waals surface area contributed by atoms with E-state index in [1.54, 1.807) is 24.5 Å². The first-order valence-corrected chi connectivity index (χ1v) is 4.61. The van der Waals surface area contributed by atoms with Gasteiger partial charge >= 0.3 is 6.09 Å². The second-order valence-corrected chi connectivity index (χ2v) is 4.04. The van der Waals surface area contributed by atoms with Crippen LogP contribution in [0, 0.1) is 0 Å². The lowest BCUT2D eigenvalue weighted by Crippen LogP contribution is -2.21. The van der Waals surface area contributed by atoms with Gasteiger partial charge in [-0.1, -0.05) is 0 Å². The zero-order valence-corrected chi connectivity index (χ0v) is 9.19. The quantitative estimate of drug-likeness (QED) is 0.703. The van der Waals surface area contributed by atoms with Crippen molar-refractivity contribution in [3.8, 4) is 0 Å². The number of carbonyl (C=O) groups is 1. The first kappa shape index (κ1) is 11.4. The molecule has 4 nitrogen and oxygen atoms in total. The van der Waals surface area contributed by atoms with Crippen LogP contribution in [0.25, 0.3) is 0 Å². The van der Waals surface area contributed by atoms with Crippen LogP contribution in [0.4, 0.5) is 4.79 Å². The standard InChI is InChI=1S/C11H15NO3/c1-9(15-11(2,3)4)14-10(13)12-7-5-6-8-12/h5-8H,1H2,2-4H3. The van der Waals surface area contributed by atoms with Gasteiger partial charge in [0.15, 0.2) is 0 Å². The zero-order valence-electron chi connectivity index (χ0n) is 9.19. The molecular weight excluding hydrogens is 194 g/mol. The normalized spacial score (nSPS) is 10.9. The van der Waals surface area contributed by atoms with E-state index in [0.29, 0.717) is 0 Å². The Hall–Kier alpha value is -1.71. The Bertz CT molecular complexity index is 346. The number of hydrogen-bond acceptors (Lipinski definition) is 3. The van der Waals surface area contributed by atoms with Crippen molar-refractivity contribution in [2.45, 2.75) is 26.4 Å². The minimum atomic E-state index is -0.533. The molecule has 0 aliphatic heterocycles. The molecule has 0 saturated carbocycles. The molecule has 0 spiro atoms. The van der Waals surface area contributed by atoms with Crippen LogP contribution in [0.5, 0.6) is 0 Å². The molecule has 0 bridgehead atoms. The lowest BCUT2D eigenvalue weighted by atomic mass is 10.2. The maximum absolute atomic E-state index is 11.4. The second kappa shape index (κ2) is 4.21. The molecule has 1 heterocycles. The number of nitrogens with zero attached hydrogens (tertiary/aromatic N) is 1. The monoisotopic (exact) mass is 209 g/mol. The van der Waals surface area contributed by atoms with E-state index in [1.165, 1.54) is 4.57 Å². The molecule has 1 aromatic rings. The lowest BCUT2D eigenvalue weighted by molar-refractivity contribution is -0.0195. The molecule has 15 heavy (non-hydrogen) atoms. The molecule has 0 fully saturated rings. The molecule has 82 valence electrons. The van der Waals surface area contributed by atoms with Crippen LogP contribution >= 0.6 is 0 Å². The number of hydrogen-bond donors (Lipinski definition) is 0. The highest BCUT2D eigenvalue weighted by Crippen LogP contribution is 2.13. The Morgan fingerprint density at radius 3 is 2.27 bits per heavy atom. The Morgan fingerprint density at radius 1 is 1.27 bits per heavy atom. The summed E-state index contributed by atoms with van der Waals surface area (Å²) in [6.07, 6.45) is 2.65. The molecule has 4 heteroatoms. The predicted molar refractivity (Wildman–Crippen MR) is 56.3 cm³/mol. The fourth-order valence-corrected chi connectivity index (χ4v) is 0.969. The molecule has 0 amide bonds. The molecular formula is C11H15NO3. The van der Waals surface area contributed by atoms with Gasteiger partial charge in [-0.2, -0.15) is 0 Å². The fraction of sp³-hybridized carbons (Fsp3) is 0.364. The van der Waals surface area contributed by atoms with Crippen LogP contribution in [0.15, 0.2) is 37.1 Å². The van der Waals surface area contributed by atoms with Gasteiger partial charge in [0.2, 0.25) is 0 Å². The largest absolute Gasteiger partial charge is 0.460 e. The highest BCUT2D eigenvalue weighted by Gasteiger charge is 2.15. The van der Waals surface area contributed by atoms with Crippen molar-refractivity contribution in [1.29, 1.82) is 0 Å². The zero-order chi connectivity index (χ0) is 11.5. The number of rotatable bonds is 2. The summed E-state index contributed by atoms with van der Waals surface area (Å²) < 4.78 is 11.4. The summed E-state index contributed by atoms with van der Waals surface area (Å²) >= 11 is 0. The average Bonchev–Trinajstić information content (AvgIpc) is 2.50. The molecule has 0 N–H and O–H groups in total. The first-order chi connectivity index (χ1) is 6.88. The summed E-state index contributed by atoms with van der Waals surface area (Å²) in [7, 11) is 0. The highest BCUT2D eigenvalue weighted by molar-refractivity contribution is 5.71. The maximum atomic E-state index is 11.4. The summed E-state index contributed by atoms with van der Waals surface area (Å²) in [6, 6.07) is 3.46. The van der Waals surface area contributed by atoms with E-state index in [1.807, 2.05) is 20.8 Å². The minimum Gasteiger partial charge on any atom is -0.460 e. The second-order valence-electron chi connectivity index (χ2n) is 4.04. The molecule has 0 atom stereocenters. The summed E-state index contributed by atoms with van der Waals surface area (Å²) in [6.45, 7) is 9.06. The van der Waals surface area contributed by atoms with Gasteiger partial charge in [-0.3, -0.25) is 4.57 Å².